The standard InChI is InChI=1S/C16H21FO2/c1-10-4-3-7-16(11(10)2)9-14(18)13-8-12(17)5-6-15(13)19-16/h5-6,8,10-11,14,18H,3-4,7,9H2,1-2H3/t10?,11?,14-,16?/m1/s1. The summed E-state index contributed by atoms with van der Waals surface area (Å²) in [7, 11) is 0. The van der Waals surface area contributed by atoms with Crippen molar-refractivity contribution in [2.75, 3.05) is 0 Å². The van der Waals surface area contributed by atoms with E-state index in [1.54, 1.807) is 6.07 Å². The van der Waals surface area contributed by atoms with Crippen molar-refractivity contribution in [3.63, 3.8) is 0 Å². The Kier molecular flexibility index (Phi) is 3.05. The van der Waals surface area contributed by atoms with E-state index < -0.39 is 6.10 Å². The van der Waals surface area contributed by atoms with Crippen LogP contribution in [-0.2, 0) is 0 Å². The molecule has 3 rings (SSSR count). The second-order valence-electron chi connectivity index (χ2n) is 6.23. The fraction of sp³-hybridized carbons (Fsp3) is 0.625. The summed E-state index contributed by atoms with van der Waals surface area (Å²) in [5.74, 6) is 1.35. The summed E-state index contributed by atoms with van der Waals surface area (Å²) in [4.78, 5) is 0. The minimum Gasteiger partial charge on any atom is -0.486 e. The maximum Gasteiger partial charge on any atom is 0.126 e. The molecule has 0 radical (unpaired) electrons. The van der Waals surface area contributed by atoms with Gasteiger partial charge in [-0.25, -0.2) is 4.39 Å². The number of fused-ring (bicyclic) bond motifs is 1. The van der Waals surface area contributed by atoms with Crippen molar-refractivity contribution in [1.29, 1.82) is 0 Å². The quantitative estimate of drug-likeness (QED) is 0.771. The van der Waals surface area contributed by atoms with Crippen LogP contribution in [0.15, 0.2) is 18.2 Å². The average molecular weight is 264 g/mol. The van der Waals surface area contributed by atoms with E-state index >= 15 is 0 Å². The van der Waals surface area contributed by atoms with E-state index in [0.29, 0.717) is 29.6 Å². The first kappa shape index (κ1) is 12.9. The Labute approximate surface area is 113 Å². The van der Waals surface area contributed by atoms with E-state index in [0.717, 1.165) is 12.8 Å². The maximum absolute atomic E-state index is 13.3. The van der Waals surface area contributed by atoms with Crippen LogP contribution in [0.25, 0.3) is 0 Å². The van der Waals surface area contributed by atoms with Crippen LogP contribution in [0.3, 0.4) is 0 Å². The van der Waals surface area contributed by atoms with Crippen molar-refractivity contribution in [2.45, 2.75) is 51.2 Å². The molecular weight excluding hydrogens is 243 g/mol. The van der Waals surface area contributed by atoms with Gasteiger partial charge in [0.1, 0.15) is 17.2 Å². The molecule has 1 spiro atoms. The lowest BCUT2D eigenvalue weighted by atomic mass is 9.67. The number of hydrogen-bond acceptors (Lipinski definition) is 2. The van der Waals surface area contributed by atoms with Gasteiger partial charge in [-0.05, 0) is 42.9 Å². The van der Waals surface area contributed by atoms with E-state index in [1.165, 1.54) is 18.6 Å². The van der Waals surface area contributed by atoms with Crippen LogP contribution in [0.4, 0.5) is 4.39 Å². The highest BCUT2D eigenvalue weighted by molar-refractivity contribution is 5.38. The number of ether oxygens (including phenoxy) is 1. The second kappa shape index (κ2) is 4.48. The van der Waals surface area contributed by atoms with E-state index in [1.807, 2.05) is 0 Å². The van der Waals surface area contributed by atoms with Gasteiger partial charge < -0.3 is 9.84 Å². The highest BCUT2D eigenvalue weighted by Crippen LogP contribution is 2.50. The molecule has 1 aromatic carbocycles. The average Bonchev–Trinajstić information content (AvgIpc) is 2.37. The van der Waals surface area contributed by atoms with Crippen LogP contribution in [-0.4, -0.2) is 10.7 Å². The molecule has 1 saturated carbocycles. The van der Waals surface area contributed by atoms with Gasteiger partial charge in [0.15, 0.2) is 0 Å². The van der Waals surface area contributed by atoms with Gasteiger partial charge in [-0.1, -0.05) is 20.3 Å². The molecule has 19 heavy (non-hydrogen) atoms. The van der Waals surface area contributed by atoms with E-state index in [4.69, 9.17) is 4.74 Å². The van der Waals surface area contributed by atoms with Crippen molar-refractivity contribution >= 4 is 0 Å². The van der Waals surface area contributed by atoms with Crippen LogP contribution in [0.5, 0.6) is 5.75 Å². The summed E-state index contributed by atoms with van der Waals surface area (Å²) in [6, 6.07) is 4.45. The minimum atomic E-state index is -0.618. The highest BCUT2D eigenvalue weighted by atomic mass is 19.1. The zero-order valence-corrected chi connectivity index (χ0v) is 11.5. The fourth-order valence-electron chi connectivity index (χ4n) is 3.72. The zero-order valence-electron chi connectivity index (χ0n) is 11.5. The number of halogens is 1. The summed E-state index contributed by atoms with van der Waals surface area (Å²) in [6.07, 6.45) is 3.29. The van der Waals surface area contributed by atoms with Gasteiger partial charge in [-0.2, -0.15) is 0 Å². The van der Waals surface area contributed by atoms with Crippen LogP contribution in [0, 0.1) is 17.7 Å². The summed E-state index contributed by atoms with van der Waals surface area (Å²) in [5, 5.41) is 10.4. The molecule has 2 nitrogen and oxygen atoms in total. The number of rotatable bonds is 0. The fourth-order valence-corrected chi connectivity index (χ4v) is 3.72. The molecule has 0 saturated heterocycles. The number of aliphatic hydroxyl groups is 1. The molecule has 1 N–H and O–H groups in total. The Morgan fingerprint density at radius 1 is 1.37 bits per heavy atom. The van der Waals surface area contributed by atoms with Gasteiger partial charge in [-0.3, -0.25) is 0 Å². The summed E-state index contributed by atoms with van der Waals surface area (Å²) >= 11 is 0. The maximum atomic E-state index is 13.3. The van der Waals surface area contributed by atoms with E-state index in [2.05, 4.69) is 13.8 Å². The molecule has 1 aromatic rings. The molecule has 104 valence electrons. The van der Waals surface area contributed by atoms with Gasteiger partial charge in [0.05, 0.1) is 6.10 Å². The molecule has 0 bridgehead atoms. The third kappa shape index (κ3) is 2.04. The van der Waals surface area contributed by atoms with Gasteiger partial charge in [0.25, 0.3) is 0 Å². The predicted molar refractivity (Wildman–Crippen MR) is 71.5 cm³/mol. The van der Waals surface area contributed by atoms with Crippen LogP contribution in [0.1, 0.15) is 51.2 Å². The first-order chi connectivity index (χ1) is 9.02. The molecule has 1 heterocycles. The molecule has 0 amide bonds. The lowest BCUT2D eigenvalue weighted by Crippen LogP contribution is -2.51. The van der Waals surface area contributed by atoms with Gasteiger partial charge in [-0.15, -0.1) is 0 Å². The van der Waals surface area contributed by atoms with Crippen molar-refractivity contribution in [2.24, 2.45) is 11.8 Å². The zero-order chi connectivity index (χ0) is 13.6. The Morgan fingerprint density at radius 3 is 2.95 bits per heavy atom. The van der Waals surface area contributed by atoms with Crippen molar-refractivity contribution in [3.05, 3.63) is 29.6 Å². The van der Waals surface area contributed by atoms with E-state index in [-0.39, 0.29) is 11.4 Å². The molecule has 3 unspecified atom stereocenters. The lowest BCUT2D eigenvalue weighted by Gasteiger charge is -2.49. The molecule has 3 heteroatoms. The van der Waals surface area contributed by atoms with Crippen LogP contribution in [0.2, 0.25) is 0 Å². The molecule has 1 fully saturated rings. The lowest BCUT2D eigenvalue weighted by molar-refractivity contribution is -0.0880. The molecular formula is C16H21FO2. The Hall–Kier alpha value is -1.09. The van der Waals surface area contributed by atoms with E-state index in [9.17, 15) is 9.50 Å². The third-order valence-corrected chi connectivity index (χ3v) is 5.13. The van der Waals surface area contributed by atoms with Crippen molar-refractivity contribution in [1.82, 2.24) is 0 Å². The van der Waals surface area contributed by atoms with Gasteiger partial charge in [0.2, 0.25) is 0 Å². The van der Waals surface area contributed by atoms with Gasteiger partial charge >= 0.3 is 0 Å². The topological polar surface area (TPSA) is 29.5 Å². The number of benzene rings is 1. The normalized spacial score (nSPS) is 37.8. The van der Waals surface area contributed by atoms with Crippen LogP contribution >= 0.6 is 0 Å². The highest BCUT2D eigenvalue weighted by Gasteiger charge is 2.48. The molecule has 1 aliphatic carbocycles. The molecule has 2 aliphatic rings. The predicted octanol–water partition coefficient (Wildman–Crippen LogP) is 3.84. The summed E-state index contributed by atoms with van der Waals surface area (Å²) in [6.45, 7) is 4.46. The largest absolute Gasteiger partial charge is 0.486 e. The third-order valence-electron chi connectivity index (χ3n) is 5.13. The van der Waals surface area contributed by atoms with Crippen molar-refractivity contribution in [3.8, 4) is 5.75 Å². The first-order valence-corrected chi connectivity index (χ1v) is 7.18. The van der Waals surface area contributed by atoms with Crippen molar-refractivity contribution < 1.29 is 14.2 Å². The Bertz CT molecular complexity index is 488. The van der Waals surface area contributed by atoms with Gasteiger partial charge in [0, 0.05) is 12.0 Å². The molecule has 0 aromatic heterocycles. The SMILES string of the molecule is CC1CCCC2(C[C@@H](O)c3cc(F)ccc3O2)C1C. The monoisotopic (exact) mass is 264 g/mol. The number of aliphatic hydroxyl groups excluding tert-OH is 1. The molecule has 1 aliphatic heterocycles. The Balaban J connectivity index is 1.98. The van der Waals surface area contributed by atoms with Crippen LogP contribution < -0.4 is 4.74 Å². The Morgan fingerprint density at radius 2 is 2.16 bits per heavy atom. The molecule has 4 atom stereocenters. The second-order valence-corrected chi connectivity index (χ2v) is 6.23. The smallest absolute Gasteiger partial charge is 0.126 e. The number of hydrogen-bond donors (Lipinski definition) is 1. The summed E-state index contributed by atoms with van der Waals surface area (Å²) in [5.41, 5.74) is 0.318. The summed E-state index contributed by atoms with van der Waals surface area (Å²) < 4.78 is 19.5. The first-order valence-electron chi connectivity index (χ1n) is 7.18. The minimum absolute atomic E-state index is 0.276.